The van der Waals surface area contributed by atoms with E-state index in [2.05, 4.69) is 87.5 Å². The second-order valence-corrected chi connectivity index (χ2v) is 10.3. The number of urea groups is 1. The van der Waals surface area contributed by atoms with Crippen molar-refractivity contribution in [1.82, 2.24) is 25.5 Å². The van der Waals surface area contributed by atoms with E-state index in [9.17, 15) is 18.0 Å². The molecule has 46 heavy (non-hydrogen) atoms. The van der Waals surface area contributed by atoms with Crippen molar-refractivity contribution in [3.63, 3.8) is 0 Å². The van der Waals surface area contributed by atoms with Crippen LogP contribution in [0, 0.1) is 25.7 Å². The Morgan fingerprint density at radius 3 is 2.35 bits per heavy atom. The largest absolute Gasteiger partial charge is 0.416 e. The van der Waals surface area contributed by atoms with Crippen LogP contribution in [-0.4, -0.2) is 68.2 Å². The lowest BCUT2D eigenvalue weighted by molar-refractivity contribution is -0.137. The second kappa shape index (κ2) is 21.2. The Labute approximate surface area is 271 Å². The van der Waals surface area contributed by atoms with Crippen molar-refractivity contribution in [1.29, 1.82) is 0 Å². The number of halogens is 3. The number of carbonyl (C=O) groups excluding carboxylic acids is 1. The van der Waals surface area contributed by atoms with Crippen LogP contribution in [-0.2, 0) is 6.18 Å². The van der Waals surface area contributed by atoms with E-state index in [1.807, 2.05) is 38.2 Å². The highest BCUT2D eigenvalue weighted by atomic mass is 19.4. The third-order valence-corrected chi connectivity index (χ3v) is 5.85. The molecule has 0 saturated carbocycles. The molecule has 0 aliphatic heterocycles. The molecular weight excluding hydrogens is 593 g/mol. The summed E-state index contributed by atoms with van der Waals surface area (Å²) < 4.78 is 39.1. The molecule has 0 saturated heterocycles. The number of aryl methyl sites for hydroxylation is 2. The molecule has 1 heterocycles. The molecule has 12 heteroatoms. The summed E-state index contributed by atoms with van der Waals surface area (Å²) in [6, 6.07) is 10.5. The minimum absolute atomic E-state index is 0.0355. The molecule has 0 atom stereocenters. The zero-order valence-corrected chi connectivity index (χ0v) is 27.7. The number of alkyl halides is 3. The fraction of sp³-hybridized carbons (Fsp3) is 0.382. The van der Waals surface area contributed by atoms with Crippen LogP contribution in [0.25, 0.3) is 0 Å². The lowest BCUT2D eigenvalue weighted by atomic mass is 10.1. The number of aromatic nitrogens is 2. The average molecular weight is 641 g/mol. The Bertz CT molecular complexity index is 1420. The number of carbonyl (C=O) groups is 1. The first kappa shape index (κ1) is 39.4. The van der Waals surface area contributed by atoms with E-state index >= 15 is 0 Å². The van der Waals surface area contributed by atoms with Gasteiger partial charge >= 0.3 is 12.2 Å². The SMILES string of the molecule is C=C.CCCN(C)C.CNCCCNc1nc(Nc2cccc(C)c2)ncc1C#CCNC(=O)Nc1cc(C)cc(C(F)(F)F)c1. The zero-order chi connectivity index (χ0) is 34.5. The first-order valence-corrected chi connectivity index (χ1v) is 14.9. The lowest BCUT2D eigenvalue weighted by Gasteiger charge is -2.12. The fourth-order valence-electron chi connectivity index (χ4n) is 3.90. The standard InChI is InChI=1S/C27H30F3N7O.C5H13N.C2H4/c1-18-7-4-9-22(14-18)35-25-34-17-20(24(37-25)32-12-6-10-31-3)8-5-11-33-26(38)36-23-15-19(2)13-21(16-23)27(28,29)30;1-4-5-6(2)3;1-2/h4,7,9,13-17,31H,6,10-12H2,1-3H3,(H2,33,36,38)(H2,32,34,35,37);4-5H2,1-3H3;1-2H2. The molecule has 250 valence electrons. The van der Waals surface area contributed by atoms with Gasteiger partial charge in [-0.15, -0.1) is 13.2 Å². The molecule has 3 aromatic rings. The van der Waals surface area contributed by atoms with Gasteiger partial charge < -0.3 is 31.5 Å². The van der Waals surface area contributed by atoms with Crippen molar-refractivity contribution in [2.75, 3.05) is 63.3 Å². The van der Waals surface area contributed by atoms with Gasteiger partial charge in [0.2, 0.25) is 5.95 Å². The van der Waals surface area contributed by atoms with Crippen LogP contribution in [0.15, 0.2) is 61.8 Å². The fourth-order valence-corrected chi connectivity index (χ4v) is 3.90. The summed E-state index contributed by atoms with van der Waals surface area (Å²) in [5, 5.41) is 14.5. The van der Waals surface area contributed by atoms with Gasteiger partial charge in [0.05, 0.1) is 23.9 Å². The van der Waals surface area contributed by atoms with Crippen LogP contribution >= 0.6 is 0 Å². The van der Waals surface area contributed by atoms with Gasteiger partial charge in [0.15, 0.2) is 0 Å². The van der Waals surface area contributed by atoms with Crippen molar-refractivity contribution in [3.8, 4) is 11.8 Å². The Balaban J connectivity index is 0.00000118. The molecule has 0 unspecified atom stereocenters. The highest BCUT2D eigenvalue weighted by Gasteiger charge is 2.31. The topological polar surface area (TPSA) is 106 Å². The summed E-state index contributed by atoms with van der Waals surface area (Å²) in [5.74, 6) is 6.72. The van der Waals surface area contributed by atoms with E-state index in [0.717, 1.165) is 36.3 Å². The van der Waals surface area contributed by atoms with E-state index in [0.29, 0.717) is 29.4 Å². The Kier molecular flexibility index (Phi) is 18.2. The van der Waals surface area contributed by atoms with Gasteiger partial charge in [-0.3, -0.25) is 0 Å². The molecule has 5 N–H and O–H groups in total. The van der Waals surface area contributed by atoms with Gasteiger partial charge in [0, 0.05) is 17.9 Å². The monoisotopic (exact) mass is 640 g/mol. The molecule has 0 spiro atoms. The molecule has 2 amide bonds. The van der Waals surface area contributed by atoms with Crippen molar-refractivity contribution in [3.05, 3.63) is 84.1 Å². The molecule has 0 aliphatic carbocycles. The van der Waals surface area contributed by atoms with Crippen molar-refractivity contribution in [2.45, 2.75) is 39.8 Å². The maximum atomic E-state index is 13.0. The van der Waals surface area contributed by atoms with E-state index < -0.39 is 17.8 Å². The van der Waals surface area contributed by atoms with Crippen molar-refractivity contribution >= 4 is 29.2 Å². The second-order valence-electron chi connectivity index (χ2n) is 10.3. The number of nitrogens with zero attached hydrogens (tertiary/aromatic N) is 3. The number of anilines is 4. The van der Waals surface area contributed by atoms with Gasteiger partial charge in [-0.05, 0) is 102 Å². The third-order valence-electron chi connectivity index (χ3n) is 5.85. The molecule has 0 fully saturated rings. The summed E-state index contributed by atoms with van der Waals surface area (Å²) >= 11 is 0. The lowest BCUT2D eigenvalue weighted by Crippen LogP contribution is -2.29. The number of benzene rings is 2. The Morgan fingerprint density at radius 2 is 1.74 bits per heavy atom. The molecule has 3 rings (SSSR count). The predicted octanol–water partition coefficient (Wildman–Crippen LogP) is 6.81. The first-order chi connectivity index (χ1) is 21.9. The van der Waals surface area contributed by atoms with Gasteiger partial charge in [-0.1, -0.05) is 30.9 Å². The van der Waals surface area contributed by atoms with Gasteiger partial charge in [-0.25, -0.2) is 9.78 Å². The summed E-state index contributed by atoms with van der Waals surface area (Å²) in [5.41, 5.74) is 2.09. The van der Waals surface area contributed by atoms with Crippen LogP contribution < -0.4 is 26.6 Å². The van der Waals surface area contributed by atoms with Crippen LogP contribution in [0.1, 0.15) is 42.0 Å². The maximum absolute atomic E-state index is 13.0. The van der Waals surface area contributed by atoms with Gasteiger partial charge in [0.25, 0.3) is 0 Å². The molecule has 0 bridgehead atoms. The van der Waals surface area contributed by atoms with E-state index in [4.69, 9.17) is 0 Å². The first-order valence-electron chi connectivity index (χ1n) is 14.9. The van der Waals surface area contributed by atoms with Crippen LogP contribution in [0.2, 0.25) is 0 Å². The Morgan fingerprint density at radius 1 is 1.02 bits per heavy atom. The van der Waals surface area contributed by atoms with Crippen LogP contribution in [0.5, 0.6) is 0 Å². The van der Waals surface area contributed by atoms with E-state index in [1.54, 1.807) is 6.20 Å². The normalized spacial score (nSPS) is 10.3. The third kappa shape index (κ3) is 15.9. The summed E-state index contributed by atoms with van der Waals surface area (Å²) in [6.45, 7) is 14.4. The number of rotatable bonds is 11. The smallest absolute Gasteiger partial charge is 0.369 e. The zero-order valence-electron chi connectivity index (χ0n) is 27.7. The van der Waals surface area contributed by atoms with E-state index in [-0.39, 0.29) is 12.2 Å². The minimum Gasteiger partial charge on any atom is -0.369 e. The van der Waals surface area contributed by atoms with Gasteiger partial charge in [0.1, 0.15) is 5.82 Å². The van der Waals surface area contributed by atoms with Crippen molar-refractivity contribution < 1.29 is 18.0 Å². The maximum Gasteiger partial charge on any atom is 0.416 e. The molecule has 9 nitrogen and oxygen atoms in total. The summed E-state index contributed by atoms with van der Waals surface area (Å²) in [6.07, 6.45) is -0.794. The molecule has 2 aromatic carbocycles. The molecule has 0 aliphatic rings. The molecule has 1 aromatic heterocycles. The van der Waals surface area contributed by atoms with Crippen LogP contribution in [0.4, 0.5) is 41.1 Å². The van der Waals surface area contributed by atoms with Crippen molar-refractivity contribution in [2.24, 2.45) is 0 Å². The highest BCUT2D eigenvalue weighted by molar-refractivity contribution is 5.89. The van der Waals surface area contributed by atoms with Crippen LogP contribution in [0.3, 0.4) is 0 Å². The predicted molar refractivity (Wildman–Crippen MR) is 184 cm³/mol. The number of hydrogen-bond donors (Lipinski definition) is 5. The summed E-state index contributed by atoms with van der Waals surface area (Å²) in [7, 11) is 6.05. The summed E-state index contributed by atoms with van der Waals surface area (Å²) in [4.78, 5) is 23.3. The molecule has 0 radical (unpaired) electrons. The quantitative estimate of drug-likeness (QED) is 0.0891. The average Bonchev–Trinajstić information content (AvgIpc) is 2.99. The number of hydrogen-bond acceptors (Lipinski definition) is 7. The highest BCUT2D eigenvalue weighted by Crippen LogP contribution is 2.31. The number of amides is 2. The van der Waals surface area contributed by atoms with Gasteiger partial charge in [-0.2, -0.15) is 18.2 Å². The van der Waals surface area contributed by atoms with E-state index in [1.165, 1.54) is 26.0 Å². The number of nitrogens with one attached hydrogen (secondary N) is 5. The minimum atomic E-state index is -4.50. The Hall–Kier alpha value is -4.60. The molecular formula is C34H47F3N8O.